The summed E-state index contributed by atoms with van der Waals surface area (Å²) < 4.78 is 5.46. The van der Waals surface area contributed by atoms with E-state index in [1.54, 1.807) is 0 Å². The van der Waals surface area contributed by atoms with Crippen LogP contribution in [0.25, 0.3) is 0 Å². The number of carbonyl (C=O) groups excluding carboxylic acids is 2. The van der Waals surface area contributed by atoms with Crippen LogP contribution >= 0.6 is 0 Å². The third-order valence-corrected chi connectivity index (χ3v) is 15.7. The zero-order valence-corrected chi connectivity index (χ0v) is 50.1. The van der Waals surface area contributed by atoms with Gasteiger partial charge in [-0.05, 0) is 70.6 Å². The predicted molar refractivity (Wildman–Crippen MR) is 324 cm³/mol. The van der Waals surface area contributed by atoms with Crippen molar-refractivity contribution in [2.75, 3.05) is 13.2 Å². The van der Waals surface area contributed by atoms with Crippen LogP contribution in [0.3, 0.4) is 0 Å². The molecule has 2 atom stereocenters. The van der Waals surface area contributed by atoms with Crippen LogP contribution in [0, 0.1) is 0 Å². The lowest BCUT2D eigenvalue weighted by atomic mass is 10.0. The lowest BCUT2D eigenvalue weighted by molar-refractivity contribution is -0.143. The molecule has 0 rings (SSSR count). The van der Waals surface area contributed by atoms with Gasteiger partial charge in [-0.2, -0.15) is 0 Å². The summed E-state index contributed by atoms with van der Waals surface area (Å²) in [5.41, 5.74) is 0. The molecule has 0 heterocycles. The van der Waals surface area contributed by atoms with E-state index in [0.717, 1.165) is 44.9 Å². The molecular weight excluding hydrogens is 911 g/mol. The number of unbranched alkanes of at least 4 members (excludes halogenated alkanes) is 48. The highest BCUT2D eigenvalue weighted by atomic mass is 16.5. The average molecular weight is 1040 g/mol. The maximum atomic E-state index is 12.5. The van der Waals surface area contributed by atoms with Crippen molar-refractivity contribution < 1.29 is 24.5 Å². The van der Waals surface area contributed by atoms with Crippen molar-refractivity contribution in [3.8, 4) is 0 Å². The maximum absolute atomic E-state index is 12.5. The molecule has 74 heavy (non-hydrogen) atoms. The van der Waals surface area contributed by atoms with E-state index in [1.165, 1.54) is 295 Å². The standard InChI is InChI=1S/C68H131NO5/c1-3-5-7-9-11-13-15-16-17-34-37-41-44-48-52-56-60-66(71)65(64-70)69-67(72)61-57-53-49-45-42-38-35-32-30-28-26-24-22-20-18-19-21-23-25-27-29-31-33-36-39-43-47-51-55-59-63-74-68(73)62-58-54-50-46-40-14-12-10-8-6-4-2/h10,12,19,21,65-66,70-71H,3-9,11,13-18,20,22-64H2,1-2H3,(H,69,72)/b12-10-,21-19-. The Morgan fingerprint density at radius 3 is 1.00 bits per heavy atom. The van der Waals surface area contributed by atoms with E-state index in [9.17, 15) is 19.8 Å². The summed E-state index contributed by atoms with van der Waals surface area (Å²) in [7, 11) is 0. The molecule has 0 aliphatic carbocycles. The molecule has 1 amide bonds. The molecule has 6 nitrogen and oxygen atoms in total. The summed E-state index contributed by atoms with van der Waals surface area (Å²) in [4.78, 5) is 24.5. The summed E-state index contributed by atoms with van der Waals surface area (Å²) in [6.07, 6.45) is 79.3. The third kappa shape index (κ3) is 59.6. The van der Waals surface area contributed by atoms with Gasteiger partial charge in [0.15, 0.2) is 0 Å². The van der Waals surface area contributed by atoms with Crippen molar-refractivity contribution in [2.45, 2.75) is 386 Å². The van der Waals surface area contributed by atoms with Crippen molar-refractivity contribution in [1.29, 1.82) is 0 Å². The van der Waals surface area contributed by atoms with Crippen molar-refractivity contribution in [1.82, 2.24) is 5.32 Å². The topological polar surface area (TPSA) is 95.9 Å². The number of esters is 1. The van der Waals surface area contributed by atoms with E-state index >= 15 is 0 Å². The summed E-state index contributed by atoms with van der Waals surface area (Å²) in [5, 5.41) is 23.3. The molecular formula is C68H131NO5. The first-order chi connectivity index (χ1) is 36.5. The fraction of sp³-hybridized carbons (Fsp3) is 0.912. The molecule has 6 heteroatoms. The van der Waals surface area contributed by atoms with E-state index in [0.29, 0.717) is 25.9 Å². The number of carbonyl (C=O) groups is 2. The normalized spacial score (nSPS) is 12.6. The highest BCUT2D eigenvalue weighted by Gasteiger charge is 2.20. The first-order valence-electron chi connectivity index (χ1n) is 33.6. The number of hydrogen-bond acceptors (Lipinski definition) is 5. The summed E-state index contributed by atoms with van der Waals surface area (Å²) in [5.74, 6) is -0.0242. The van der Waals surface area contributed by atoms with Crippen LogP contribution < -0.4 is 5.32 Å². The lowest BCUT2D eigenvalue weighted by Crippen LogP contribution is -2.45. The smallest absolute Gasteiger partial charge is 0.305 e. The first-order valence-corrected chi connectivity index (χ1v) is 33.6. The van der Waals surface area contributed by atoms with Gasteiger partial charge in [0.25, 0.3) is 0 Å². The maximum Gasteiger partial charge on any atom is 0.305 e. The van der Waals surface area contributed by atoms with E-state index in [-0.39, 0.29) is 18.5 Å². The monoisotopic (exact) mass is 1040 g/mol. The first kappa shape index (κ1) is 72.3. The largest absolute Gasteiger partial charge is 0.466 e. The third-order valence-electron chi connectivity index (χ3n) is 15.7. The second kappa shape index (κ2) is 63.9. The molecule has 0 aromatic carbocycles. The molecule has 2 unspecified atom stereocenters. The number of allylic oxidation sites excluding steroid dienone is 4. The number of aliphatic hydroxyl groups excluding tert-OH is 2. The molecule has 0 fully saturated rings. The van der Waals surface area contributed by atoms with Crippen molar-refractivity contribution in [2.24, 2.45) is 0 Å². The van der Waals surface area contributed by atoms with Gasteiger partial charge in [0, 0.05) is 12.8 Å². The SMILES string of the molecule is CCCC/C=C\CCCCCCCC(=O)OCCCCCCCCCCCCCC/C=C\CCCCCCCCCCCCCCCCC(=O)NC(CO)C(O)CCCCCCCCCCCCCCCCCC. The van der Waals surface area contributed by atoms with Gasteiger partial charge in [0.05, 0.1) is 25.4 Å². The second-order valence-electron chi connectivity index (χ2n) is 23.1. The van der Waals surface area contributed by atoms with Crippen LogP contribution in [0.4, 0.5) is 0 Å². The highest BCUT2D eigenvalue weighted by Crippen LogP contribution is 2.18. The summed E-state index contributed by atoms with van der Waals surface area (Å²) in [6, 6.07) is -0.540. The Kier molecular flexibility index (Phi) is 62.4. The molecule has 0 spiro atoms. The Labute approximate surface area is 462 Å². The molecule has 438 valence electrons. The van der Waals surface area contributed by atoms with E-state index in [4.69, 9.17) is 4.74 Å². The van der Waals surface area contributed by atoms with Gasteiger partial charge in [-0.1, -0.05) is 314 Å². The van der Waals surface area contributed by atoms with E-state index in [2.05, 4.69) is 43.5 Å². The molecule has 0 radical (unpaired) electrons. The minimum atomic E-state index is -0.663. The number of nitrogens with one attached hydrogen (secondary N) is 1. The molecule has 0 aromatic rings. The van der Waals surface area contributed by atoms with Gasteiger partial charge < -0.3 is 20.3 Å². The van der Waals surface area contributed by atoms with Crippen LogP contribution in [0.2, 0.25) is 0 Å². The van der Waals surface area contributed by atoms with Crippen LogP contribution in [0.15, 0.2) is 24.3 Å². The van der Waals surface area contributed by atoms with Crippen LogP contribution in [-0.2, 0) is 14.3 Å². The fourth-order valence-corrected chi connectivity index (χ4v) is 10.6. The lowest BCUT2D eigenvalue weighted by Gasteiger charge is -2.22. The van der Waals surface area contributed by atoms with E-state index in [1.807, 2.05) is 0 Å². The van der Waals surface area contributed by atoms with Crippen LogP contribution in [0.1, 0.15) is 373 Å². The highest BCUT2D eigenvalue weighted by molar-refractivity contribution is 5.76. The van der Waals surface area contributed by atoms with Gasteiger partial charge >= 0.3 is 5.97 Å². The minimum Gasteiger partial charge on any atom is -0.466 e. The minimum absolute atomic E-state index is 0.00635. The average Bonchev–Trinajstić information content (AvgIpc) is 3.40. The molecule has 0 aliphatic heterocycles. The van der Waals surface area contributed by atoms with Crippen molar-refractivity contribution in [3.63, 3.8) is 0 Å². The molecule has 0 aliphatic rings. The van der Waals surface area contributed by atoms with Crippen molar-refractivity contribution >= 4 is 11.9 Å². The Morgan fingerprint density at radius 1 is 0.365 bits per heavy atom. The number of rotatable bonds is 63. The Hall–Kier alpha value is -1.66. The van der Waals surface area contributed by atoms with Gasteiger partial charge in [0.2, 0.25) is 5.91 Å². The fourth-order valence-electron chi connectivity index (χ4n) is 10.6. The number of amides is 1. The Morgan fingerprint density at radius 2 is 0.649 bits per heavy atom. The quantitative estimate of drug-likeness (QED) is 0.0320. The van der Waals surface area contributed by atoms with E-state index < -0.39 is 12.1 Å². The molecule has 3 N–H and O–H groups in total. The molecule has 0 saturated carbocycles. The predicted octanol–water partition coefficient (Wildman–Crippen LogP) is 21.4. The van der Waals surface area contributed by atoms with Gasteiger partial charge in [0.1, 0.15) is 0 Å². The Bertz CT molecular complexity index is 1150. The van der Waals surface area contributed by atoms with Gasteiger partial charge in [-0.25, -0.2) is 0 Å². The molecule has 0 bridgehead atoms. The summed E-state index contributed by atoms with van der Waals surface area (Å²) in [6.45, 7) is 4.94. The summed E-state index contributed by atoms with van der Waals surface area (Å²) >= 11 is 0. The zero-order valence-electron chi connectivity index (χ0n) is 50.1. The number of aliphatic hydroxyl groups is 2. The second-order valence-corrected chi connectivity index (χ2v) is 23.1. The van der Waals surface area contributed by atoms with Gasteiger partial charge in [-0.15, -0.1) is 0 Å². The van der Waals surface area contributed by atoms with Crippen LogP contribution in [0.5, 0.6) is 0 Å². The molecule has 0 aromatic heterocycles. The van der Waals surface area contributed by atoms with Crippen LogP contribution in [-0.4, -0.2) is 47.4 Å². The van der Waals surface area contributed by atoms with Crippen molar-refractivity contribution in [3.05, 3.63) is 24.3 Å². The number of hydrogen-bond donors (Lipinski definition) is 3. The Balaban J connectivity index is 3.36. The molecule has 0 saturated heterocycles. The zero-order chi connectivity index (χ0) is 53.6. The number of ether oxygens (including phenoxy) is 1. The van der Waals surface area contributed by atoms with Gasteiger partial charge in [-0.3, -0.25) is 9.59 Å².